The maximum Gasteiger partial charge on any atom is 0.333 e. The van der Waals surface area contributed by atoms with Crippen LogP contribution in [-0.4, -0.2) is 51.6 Å². The number of carboxylic acids is 1. The van der Waals surface area contributed by atoms with E-state index in [0.717, 1.165) is 10.1 Å². The average molecular weight is 568 g/mol. The van der Waals surface area contributed by atoms with Crippen molar-refractivity contribution >= 4 is 27.5 Å². The van der Waals surface area contributed by atoms with Gasteiger partial charge in [0.1, 0.15) is 28.5 Å². The molecule has 1 saturated heterocycles. The van der Waals surface area contributed by atoms with Crippen molar-refractivity contribution in [3.05, 3.63) is 68.7 Å². The van der Waals surface area contributed by atoms with Crippen LogP contribution in [0.1, 0.15) is 42.9 Å². The Balaban J connectivity index is 1.57. The average Bonchev–Trinajstić information content (AvgIpc) is 3.42. The van der Waals surface area contributed by atoms with Gasteiger partial charge in [0.2, 0.25) is 5.89 Å². The lowest BCUT2D eigenvalue weighted by molar-refractivity contribution is -0.142. The number of aliphatic carboxylic acids is 1. The number of para-hydroxylation sites is 1. The van der Waals surface area contributed by atoms with Gasteiger partial charge in [-0.25, -0.2) is 19.1 Å². The normalized spacial score (nSPS) is 17.6. The number of hydrogen-bond acceptors (Lipinski definition) is 9. The van der Waals surface area contributed by atoms with E-state index < -0.39 is 28.9 Å². The minimum absolute atomic E-state index is 0.0357. The Kier molecular flexibility index (Phi) is 6.85. The lowest BCUT2D eigenvalue weighted by Gasteiger charge is -2.29. The number of thiophene rings is 1. The van der Waals surface area contributed by atoms with E-state index in [1.165, 1.54) is 28.4 Å². The molecular weight excluding hydrogens is 538 g/mol. The number of aromatic nitrogens is 3. The summed E-state index contributed by atoms with van der Waals surface area (Å²) >= 11 is 1.22. The highest BCUT2D eigenvalue weighted by molar-refractivity contribution is 7.22. The van der Waals surface area contributed by atoms with Crippen LogP contribution < -0.4 is 16.0 Å². The first-order valence-electron chi connectivity index (χ1n) is 13.1. The van der Waals surface area contributed by atoms with Gasteiger partial charge in [0.05, 0.1) is 36.2 Å². The zero-order valence-electron chi connectivity index (χ0n) is 22.1. The predicted molar refractivity (Wildman–Crippen MR) is 146 cm³/mol. The Hall–Kier alpha value is -3.74. The van der Waals surface area contributed by atoms with Crippen LogP contribution in [0.15, 0.2) is 50.7 Å². The number of aryl methyl sites for hydroxylation is 1. The van der Waals surface area contributed by atoms with Gasteiger partial charge in [0, 0.05) is 18.8 Å². The summed E-state index contributed by atoms with van der Waals surface area (Å²) in [6.07, 6.45) is 4.01. The number of oxazole rings is 1. The summed E-state index contributed by atoms with van der Waals surface area (Å²) in [5.74, 6) is -0.273. The molecular formula is C28H29N3O8S. The van der Waals surface area contributed by atoms with E-state index in [0.29, 0.717) is 53.0 Å². The Bertz CT molecular complexity index is 1680. The van der Waals surface area contributed by atoms with E-state index in [1.54, 1.807) is 14.0 Å². The van der Waals surface area contributed by atoms with Crippen LogP contribution in [-0.2, 0) is 26.4 Å². The Morgan fingerprint density at radius 1 is 1.25 bits per heavy atom. The molecule has 1 aromatic carbocycles. The van der Waals surface area contributed by atoms with Gasteiger partial charge in [-0.15, -0.1) is 11.3 Å². The summed E-state index contributed by atoms with van der Waals surface area (Å²) in [4.78, 5) is 45.6. The largest absolute Gasteiger partial charge is 0.496 e. The lowest BCUT2D eigenvalue weighted by Crippen LogP contribution is -2.49. The number of benzene rings is 1. The molecule has 2 aliphatic rings. The van der Waals surface area contributed by atoms with Gasteiger partial charge < -0.3 is 23.7 Å². The maximum atomic E-state index is 14.1. The second-order valence-electron chi connectivity index (χ2n) is 10.1. The van der Waals surface area contributed by atoms with E-state index in [-0.39, 0.29) is 30.9 Å². The summed E-state index contributed by atoms with van der Waals surface area (Å²) in [5.41, 5.74) is -1.55. The van der Waals surface area contributed by atoms with Crippen LogP contribution in [0.25, 0.3) is 21.0 Å². The number of methoxy groups -OCH3 is 1. The van der Waals surface area contributed by atoms with Crippen molar-refractivity contribution in [1.29, 1.82) is 0 Å². The third kappa shape index (κ3) is 4.36. The topological polar surface area (TPSA) is 135 Å². The highest BCUT2D eigenvalue weighted by atomic mass is 32.1. The van der Waals surface area contributed by atoms with Gasteiger partial charge in [-0.3, -0.25) is 9.36 Å². The molecule has 1 atom stereocenters. The Labute approximate surface area is 232 Å². The molecule has 0 bridgehead atoms. The maximum absolute atomic E-state index is 14.1. The van der Waals surface area contributed by atoms with E-state index in [2.05, 4.69) is 4.98 Å². The number of fused-ring (bicyclic) bond motifs is 1. The quantitative estimate of drug-likeness (QED) is 0.321. The fourth-order valence-electron chi connectivity index (χ4n) is 5.43. The summed E-state index contributed by atoms with van der Waals surface area (Å²) in [6.45, 7) is 2.94. The van der Waals surface area contributed by atoms with Crippen LogP contribution in [0.3, 0.4) is 0 Å². The first-order valence-corrected chi connectivity index (χ1v) is 14.0. The Morgan fingerprint density at radius 2 is 2.00 bits per heavy atom. The molecule has 1 aliphatic heterocycles. The van der Waals surface area contributed by atoms with Crippen molar-refractivity contribution in [2.45, 2.75) is 56.9 Å². The standard InChI is InChI=1S/C28H29N3O8S/c1-16-21-24(32)31(28(9-10-28)26(33)34)27(35)30(25(21)40-22(16)23-29-11-14-38-23)15-20(39-17-7-12-37-13-8-17)18-5-3-4-6-19(18)36-2/h3-6,11,14,17,20H,7-10,12-13,15H2,1-2H3,(H,33,34)/t20-/m0/s1. The highest BCUT2D eigenvalue weighted by Gasteiger charge is 2.55. The molecule has 2 fully saturated rings. The third-order valence-corrected chi connectivity index (χ3v) is 9.05. The minimum Gasteiger partial charge on any atom is -0.496 e. The lowest BCUT2D eigenvalue weighted by atomic mass is 10.1. The van der Waals surface area contributed by atoms with Gasteiger partial charge >= 0.3 is 11.7 Å². The summed E-state index contributed by atoms with van der Waals surface area (Å²) in [5, 5.41) is 10.3. The van der Waals surface area contributed by atoms with E-state index >= 15 is 0 Å². The van der Waals surface area contributed by atoms with E-state index in [1.807, 2.05) is 24.3 Å². The van der Waals surface area contributed by atoms with Crippen molar-refractivity contribution in [2.24, 2.45) is 0 Å². The molecule has 0 radical (unpaired) electrons. The molecule has 1 saturated carbocycles. The number of carboxylic acid groups (broad SMARTS) is 1. The number of hydrogen-bond donors (Lipinski definition) is 1. The fraction of sp³-hybridized carbons (Fsp3) is 0.429. The van der Waals surface area contributed by atoms with Crippen molar-refractivity contribution < 1.29 is 28.5 Å². The fourth-order valence-corrected chi connectivity index (χ4v) is 6.68. The van der Waals surface area contributed by atoms with Gasteiger partial charge in [-0.1, -0.05) is 18.2 Å². The first kappa shape index (κ1) is 26.5. The number of ether oxygens (including phenoxy) is 3. The van der Waals surface area contributed by atoms with Crippen LogP contribution in [0, 0.1) is 6.92 Å². The third-order valence-electron chi connectivity index (χ3n) is 7.75. The smallest absolute Gasteiger partial charge is 0.333 e. The molecule has 4 heterocycles. The van der Waals surface area contributed by atoms with Gasteiger partial charge in [-0.05, 0) is 44.2 Å². The molecule has 4 aromatic rings. The second kappa shape index (κ2) is 10.3. The zero-order valence-corrected chi connectivity index (χ0v) is 22.9. The van der Waals surface area contributed by atoms with Crippen LogP contribution in [0.2, 0.25) is 0 Å². The predicted octanol–water partition coefficient (Wildman–Crippen LogP) is 3.71. The van der Waals surface area contributed by atoms with Crippen LogP contribution >= 0.6 is 11.3 Å². The first-order chi connectivity index (χ1) is 19.4. The molecule has 0 unspecified atom stereocenters. The number of carbonyl (C=O) groups is 1. The monoisotopic (exact) mass is 567 g/mol. The molecule has 0 amide bonds. The van der Waals surface area contributed by atoms with Gasteiger partial charge in [0.25, 0.3) is 5.56 Å². The zero-order chi connectivity index (χ0) is 28.0. The molecule has 12 heteroatoms. The SMILES string of the molecule is COc1ccccc1[C@H](Cn1c(=O)n(C2(C(=O)O)CC2)c(=O)c2c(C)c(-c3ncco3)sc21)OC1CCOCC1. The molecule has 6 rings (SSSR count). The van der Waals surface area contributed by atoms with E-state index in [9.17, 15) is 19.5 Å². The summed E-state index contributed by atoms with van der Waals surface area (Å²) in [7, 11) is 1.57. The molecule has 0 spiro atoms. The van der Waals surface area contributed by atoms with Crippen molar-refractivity contribution in [1.82, 2.24) is 14.1 Å². The molecule has 210 valence electrons. The number of rotatable bonds is 9. The molecule has 40 heavy (non-hydrogen) atoms. The molecule has 3 aromatic heterocycles. The van der Waals surface area contributed by atoms with Crippen LogP contribution in [0.4, 0.5) is 0 Å². The van der Waals surface area contributed by atoms with Gasteiger partial charge in [-0.2, -0.15) is 0 Å². The van der Waals surface area contributed by atoms with Crippen molar-refractivity contribution in [3.63, 3.8) is 0 Å². The summed E-state index contributed by atoms with van der Waals surface area (Å²) < 4.78 is 25.7. The van der Waals surface area contributed by atoms with E-state index in [4.69, 9.17) is 18.6 Å². The molecule has 11 nitrogen and oxygen atoms in total. The second-order valence-corrected chi connectivity index (χ2v) is 11.1. The molecule has 1 N–H and O–H groups in total. The van der Waals surface area contributed by atoms with Gasteiger partial charge in [0.15, 0.2) is 0 Å². The Morgan fingerprint density at radius 3 is 2.65 bits per heavy atom. The molecule has 1 aliphatic carbocycles. The summed E-state index contributed by atoms with van der Waals surface area (Å²) in [6, 6.07) is 7.44. The van der Waals surface area contributed by atoms with Crippen molar-refractivity contribution in [2.75, 3.05) is 20.3 Å². The van der Waals surface area contributed by atoms with Crippen molar-refractivity contribution in [3.8, 4) is 16.5 Å². The highest BCUT2D eigenvalue weighted by Crippen LogP contribution is 2.43. The minimum atomic E-state index is -1.57. The van der Waals surface area contributed by atoms with Crippen LogP contribution in [0.5, 0.6) is 5.75 Å². The number of nitrogens with zero attached hydrogens (tertiary/aromatic N) is 3.